The molecule has 1 saturated heterocycles. The molecule has 1 amide bonds. The Hall–Kier alpha value is -2.16. The lowest BCUT2D eigenvalue weighted by atomic mass is 9.90. The summed E-state index contributed by atoms with van der Waals surface area (Å²) in [5.41, 5.74) is 3.44. The van der Waals surface area contributed by atoms with Crippen molar-refractivity contribution in [1.29, 1.82) is 0 Å². The largest absolute Gasteiger partial charge is 0.339 e. The van der Waals surface area contributed by atoms with E-state index in [-0.39, 0.29) is 5.91 Å². The van der Waals surface area contributed by atoms with E-state index in [0.717, 1.165) is 38.3 Å². The molecule has 0 atom stereocenters. The van der Waals surface area contributed by atoms with Crippen molar-refractivity contribution in [1.82, 2.24) is 9.88 Å². The molecule has 1 aromatic heterocycles. The van der Waals surface area contributed by atoms with Gasteiger partial charge in [-0.25, -0.2) is 0 Å². The number of aryl methyl sites for hydroxylation is 2. The summed E-state index contributed by atoms with van der Waals surface area (Å²) < 4.78 is 0. The monoisotopic (exact) mass is 308 g/mol. The SMILES string of the molecule is Cc1ccc(CCC2CCN(C(=O)c3cccnc3)CC2)cc1. The fraction of sp³-hybridized carbons (Fsp3) is 0.400. The van der Waals surface area contributed by atoms with Gasteiger partial charge >= 0.3 is 0 Å². The molecule has 23 heavy (non-hydrogen) atoms. The van der Waals surface area contributed by atoms with Crippen LogP contribution in [-0.4, -0.2) is 28.9 Å². The zero-order valence-corrected chi connectivity index (χ0v) is 13.7. The third kappa shape index (κ3) is 4.19. The van der Waals surface area contributed by atoms with Crippen LogP contribution in [0.4, 0.5) is 0 Å². The van der Waals surface area contributed by atoms with E-state index < -0.39 is 0 Å². The van der Waals surface area contributed by atoms with E-state index in [0.29, 0.717) is 5.56 Å². The van der Waals surface area contributed by atoms with Crippen molar-refractivity contribution in [3.63, 3.8) is 0 Å². The predicted molar refractivity (Wildman–Crippen MR) is 92.4 cm³/mol. The Morgan fingerprint density at radius 2 is 1.91 bits per heavy atom. The first kappa shape index (κ1) is 15.7. The Labute approximate surface area is 138 Å². The van der Waals surface area contributed by atoms with E-state index in [9.17, 15) is 4.79 Å². The fourth-order valence-corrected chi connectivity index (χ4v) is 3.22. The van der Waals surface area contributed by atoms with Crippen LogP contribution in [0.5, 0.6) is 0 Å². The third-order valence-corrected chi connectivity index (χ3v) is 4.77. The molecule has 120 valence electrons. The molecule has 3 heteroatoms. The summed E-state index contributed by atoms with van der Waals surface area (Å²) in [6.45, 7) is 3.86. The highest BCUT2D eigenvalue weighted by molar-refractivity contribution is 5.93. The molecule has 2 heterocycles. The number of aromatic nitrogens is 1. The van der Waals surface area contributed by atoms with E-state index >= 15 is 0 Å². The molecule has 1 aliphatic rings. The van der Waals surface area contributed by atoms with Crippen molar-refractivity contribution >= 4 is 5.91 Å². The highest BCUT2D eigenvalue weighted by atomic mass is 16.2. The van der Waals surface area contributed by atoms with Crippen LogP contribution in [0.25, 0.3) is 0 Å². The molecule has 0 spiro atoms. The number of benzene rings is 1. The molecule has 1 fully saturated rings. The second-order valence-electron chi connectivity index (χ2n) is 6.50. The zero-order chi connectivity index (χ0) is 16.1. The number of rotatable bonds is 4. The van der Waals surface area contributed by atoms with Crippen molar-refractivity contribution in [3.05, 3.63) is 65.5 Å². The van der Waals surface area contributed by atoms with E-state index in [1.165, 1.54) is 17.5 Å². The number of piperidine rings is 1. The topological polar surface area (TPSA) is 33.2 Å². The van der Waals surface area contributed by atoms with Gasteiger partial charge < -0.3 is 4.90 Å². The van der Waals surface area contributed by atoms with Gasteiger partial charge in [0.05, 0.1) is 5.56 Å². The Balaban J connectivity index is 1.47. The summed E-state index contributed by atoms with van der Waals surface area (Å²) in [6.07, 6.45) is 7.94. The van der Waals surface area contributed by atoms with Gasteiger partial charge in [0, 0.05) is 25.5 Å². The number of nitrogens with zero attached hydrogens (tertiary/aromatic N) is 2. The molecule has 0 unspecified atom stereocenters. The number of amides is 1. The van der Waals surface area contributed by atoms with E-state index in [1.807, 2.05) is 17.0 Å². The summed E-state index contributed by atoms with van der Waals surface area (Å²) in [6, 6.07) is 12.5. The van der Waals surface area contributed by atoms with Gasteiger partial charge in [0.15, 0.2) is 0 Å². The summed E-state index contributed by atoms with van der Waals surface area (Å²) >= 11 is 0. The number of carbonyl (C=O) groups is 1. The standard InChI is InChI=1S/C20H24N2O/c1-16-4-6-17(7-5-16)8-9-18-10-13-22(14-11-18)20(23)19-3-2-12-21-15-19/h2-7,12,15,18H,8-11,13-14H2,1H3. The van der Waals surface area contributed by atoms with Crippen LogP contribution in [0.1, 0.15) is 40.7 Å². The normalized spacial score (nSPS) is 15.6. The number of hydrogen-bond donors (Lipinski definition) is 0. The lowest BCUT2D eigenvalue weighted by Crippen LogP contribution is -2.38. The maximum atomic E-state index is 12.4. The average Bonchev–Trinajstić information content (AvgIpc) is 2.62. The summed E-state index contributed by atoms with van der Waals surface area (Å²) in [4.78, 5) is 18.4. The molecule has 0 N–H and O–H groups in total. The minimum atomic E-state index is 0.120. The van der Waals surface area contributed by atoms with E-state index in [2.05, 4.69) is 36.2 Å². The van der Waals surface area contributed by atoms with Gasteiger partial charge in [-0.15, -0.1) is 0 Å². The first-order chi connectivity index (χ1) is 11.2. The Morgan fingerprint density at radius 1 is 1.17 bits per heavy atom. The molecular weight excluding hydrogens is 284 g/mol. The summed E-state index contributed by atoms with van der Waals surface area (Å²) in [7, 11) is 0. The second-order valence-corrected chi connectivity index (χ2v) is 6.50. The first-order valence-corrected chi connectivity index (χ1v) is 8.47. The Morgan fingerprint density at radius 3 is 2.57 bits per heavy atom. The third-order valence-electron chi connectivity index (χ3n) is 4.77. The van der Waals surface area contributed by atoms with Crippen LogP contribution < -0.4 is 0 Å². The van der Waals surface area contributed by atoms with Crippen LogP contribution in [0, 0.1) is 12.8 Å². The minimum absolute atomic E-state index is 0.120. The van der Waals surface area contributed by atoms with Gasteiger partial charge in [0.25, 0.3) is 5.91 Å². The molecule has 1 aromatic carbocycles. The van der Waals surface area contributed by atoms with Crippen molar-refractivity contribution in [3.8, 4) is 0 Å². The maximum Gasteiger partial charge on any atom is 0.255 e. The van der Waals surface area contributed by atoms with Crippen molar-refractivity contribution in [2.24, 2.45) is 5.92 Å². The molecule has 2 aromatic rings. The second kappa shape index (κ2) is 7.40. The van der Waals surface area contributed by atoms with Crippen molar-refractivity contribution in [2.45, 2.75) is 32.6 Å². The molecular formula is C20H24N2O. The van der Waals surface area contributed by atoms with E-state index in [1.54, 1.807) is 12.4 Å². The molecule has 3 rings (SSSR count). The average molecular weight is 308 g/mol. The lowest BCUT2D eigenvalue weighted by Gasteiger charge is -2.32. The number of pyridine rings is 1. The zero-order valence-electron chi connectivity index (χ0n) is 13.7. The van der Waals surface area contributed by atoms with Crippen LogP contribution >= 0.6 is 0 Å². The fourth-order valence-electron chi connectivity index (χ4n) is 3.22. The van der Waals surface area contributed by atoms with Crippen molar-refractivity contribution in [2.75, 3.05) is 13.1 Å². The van der Waals surface area contributed by atoms with Gasteiger partial charge in [-0.05, 0) is 56.2 Å². The quantitative estimate of drug-likeness (QED) is 0.859. The Bertz CT molecular complexity index is 628. The highest BCUT2D eigenvalue weighted by Gasteiger charge is 2.23. The summed E-state index contributed by atoms with van der Waals surface area (Å²) in [5, 5.41) is 0. The van der Waals surface area contributed by atoms with Gasteiger partial charge in [-0.3, -0.25) is 9.78 Å². The molecule has 3 nitrogen and oxygen atoms in total. The van der Waals surface area contributed by atoms with Gasteiger partial charge in [-0.1, -0.05) is 29.8 Å². The minimum Gasteiger partial charge on any atom is -0.339 e. The Kier molecular flexibility index (Phi) is 5.06. The smallest absolute Gasteiger partial charge is 0.255 e. The number of carbonyl (C=O) groups excluding carboxylic acids is 1. The van der Waals surface area contributed by atoms with Crippen LogP contribution in [-0.2, 0) is 6.42 Å². The van der Waals surface area contributed by atoms with Gasteiger partial charge in [0.2, 0.25) is 0 Å². The highest BCUT2D eigenvalue weighted by Crippen LogP contribution is 2.23. The molecule has 0 bridgehead atoms. The van der Waals surface area contributed by atoms with Crippen molar-refractivity contribution < 1.29 is 4.79 Å². The van der Waals surface area contributed by atoms with Gasteiger partial charge in [0.1, 0.15) is 0 Å². The van der Waals surface area contributed by atoms with Crippen LogP contribution in [0.15, 0.2) is 48.8 Å². The predicted octanol–water partition coefficient (Wildman–Crippen LogP) is 3.88. The van der Waals surface area contributed by atoms with Crippen LogP contribution in [0.2, 0.25) is 0 Å². The number of hydrogen-bond acceptors (Lipinski definition) is 2. The molecule has 0 radical (unpaired) electrons. The maximum absolute atomic E-state index is 12.4. The van der Waals surface area contributed by atoms with Crippen LogP contribution in [0.3, 0.4) is 0 Å². The lowest BCUT2D eigenvalue weighted by molar-refractivity contribution is 0.0686. The van der Waals surface area contributed by atoms with Gasteiger partial charge in [-0.2, -0.15) is 0 Å². The summed E-state index contributed by atoms with van der Waals surface area (Å²) in [5.74, 6) is 0.851. The van der Waals surface area contributed by atoms with E-state index in [4.69, 9.17) is 0 Å². The molecule has 0 saturated carbocycles. The first-order valence-electron chi connectivity index (χ1n) is 8.47. The molecule has 0 aliphatic carbocycles. The molecule has 1 aliphatic heterocycles. The number of likely N-dealkylation sites (tertiary alicyclic amines) is 1.